The summed E-state index contributed by atoms with van der Waals surface area (Å²) in [4.78, 5) is 12.6. The van der Waals surface area contributed by atoms with E-state index < -0.39 is 19.5 Å². The Morgan fingerprint density at radius 2 is 1.35 bits per heavy atom. The number of halogens is 2. The highest BCUT2D eigenvalue weighted by atomic mass is 35.5. The molecule has 0 spiro atoms. The molecule has 0 heterocycles. The minimum Gasteiger partial charge on any atom is -0.445 e. The third-order valence-corrected chi connectivity index (χ3v) is 7.20. The fourth-order valence-electron chi connectivity index (χ4n) is 3.05. The highest BCUT2D eigenvalue weighted by molar-refractivity contribution is 7.55. The number of carbonyl (C=O) groups is 1. The molecule has 0 unspecified atom stereocenters. The van der Waals surface area contributed by atoms with E-state index >= 15 is 0 Å². The SMILES string of the molecule is CC(C)C[C@@H](NC(=O)OCc1ccccc1)P(=O)(Oc1ccc(Cl)cc1)Oc1ccc(Cl)cc1. The molecule has 6 nitrogen and oxygen atoms in total. The summed E-state index contributed by atoms with van der Waals surface area (Å²) >= 11 is 11.9. The first-order valence-electron chi connectivity index (χ1n) is 10.7. The minimum atomic E-state index is -4.01. The van der Waals surface area contributed by atoms with Crippen LogP contribution in [0.5, 0.6) is 11.5 Å². The van der Waals surface area contributed by atoms with Crippen molar-refractivity contribution in [2.24, 2.45) is 5.92 Å². The van der Waals surface area contributed by atoms with E-state index in [4.69, 9.17) is 37.0 Å². The Hall–Kier alpha value is -2.66. The molecule has 0 aromatic heterocycles. The number of carbonyl (C=O) groups excluding carboxylic acids is 1. The van der Waals surface area contributed by atoms with Gasteiger partial charge in [-0.25, -0.2) is 9.36 Å². The monoisotopic (exact) mass is 521 g/mol. The Morgan fingerprint density at radius 3 is 1.82 bits per heavy atom. The largest absolute Gasteiger partial charge is 0.453 e. The van der Waals surface area contributed by atoms with Crippen molar-refractivity contribution in [2.75, 3.05) is 0 Å². The molecule has 0 aliphatic carbocycles. The van der Waals surface area contributed by atoms with Crippen molar-refractivity contribution in [1.29, 1.82) is 0 Å². The first kappa shape index (κ1) is 26.0. The van der Waals surface area contributed by atoms with Crippen LogP contribution >= 0.6 is 30.8 Å². The van der Waals surface area contributed by atoms with Gasteiger partial charge in [-0.05, 0) is 66.4 Å². The lowest BCUT2D eigenvalue weighted by atomic mass is 10.1. The van der Waals surface area contributed by atoms with Gasteiger partial charge in [-0.2, -0.15) is 0 Å². The molecule has 34 heavy (non-hydrogen) atoms. The van der Waals surface area contributed by atoms with E-state index in [-0.39, 0.29) is 24.0 Å². The van der Waals surface area contributed by atoms with Gasteiger partial charge in [0.1, 0.15) is 18.1 Å². The molecule has 1 atom stereocenters. The Morgan fingerprint density at radius 1 is 0.853 bits per heavy atom. The fourth-order valence-corrected chi connectivity index (χ4v) is 5.36. The van der Waals surface area contributed by atoms with E-state index in [0.717, 1.165) is 5.56 Å². The maximum Gasteiger partial charge on any atom is 0.453 e. The summed E-state index contributed by atoms with van der Waals surface area (Å²) in [5, 5.41) is 3.70. The van der Waals surface area contributed by atoms with E-state index in [1.807, 2.05) is 44.2 Å². The van der Waals surface area contributed by atoms with Gasteiger partial charge in [-0.1, -0.05) is 67.4 Å². The van der Waals surface area contributed by atoms with Crippen LogP contribution in [0.1, 0.15) is 25.8 Å². The van der Waals surface area contributed by atoms with Crippen LogP contribution in [0.3, 0.4) is 0 Å². The average molecular weight is 522 g/mol. The van der Waals surface area contributed by atoms with Gasteiger partial charge in [0, 0.05) is 10.0 Å². The van der Waals surface area contributed by atoms with Crippen molar-refractivity contribution < 1.29 is 23.1 Å². The van der Waals surface area contributed by atoms with Gasteiger partial charge < -0.3 is 19.1 Å². The number of alkyl carbamates (subject to hydrolysis) is 1. The summed E-state index contributed by atoms with van der Waals surface area (Å²) < 4.78 is 31.3. The van der Waals surface area contributed by atoms with Crippen LogP contribution in [0.2, 0.25) is 10.0 Å². The van der Waals surface area contributed by atoms with Gasteiger partial charge in [0.25, 0.3) is 0 Å². The number of amides is 1. The van der Waals surface area contributed by atoms with Gasteiger partial charge in [-0.15, -0.1) is 0 Å². The maximum atomic E-state index is 14.2. The molecule has 3 aromatic rings. The summed E-state index contributed by atoms with van der Waals surface area (Å²) in [6.07, 6.45) is -0.409. The van der Waals surface area contributed by atoms with E-state index in [2.05, 4.69) is 5.32 Å². The van der Waals surface area contributed by atoms with Crippen LogP contribution in [0.15, 0.2) is 78.9 Å². The molecule has 3 rings (SSSR count). The number of hydrogen-bond acceptors (Lipinski definition) is 5. The molecule has 3 aromatic carbocycles. The summed E-state index contributed by atoms with van der Waals surface area (Å²) in [6, 6.07) is 22.1. The number of ether oxygens (including phenoxy) is 1. The van der Waals surface area contributed by atoms with Crippen molar-refractivity contribution in [1.82, 2.24) is 5.32 Å². The van der Waals surface area contributed by atoms with Crippen LogP contribution in [-0.2, 0) is 15.9 Å². The van der Waals surface area contributed by atoms with Crippen molar-refractivity contribution in [3.8, 4) is 11.5 Å². The number of nitrogens with one attached hydrogen (secondary N) is 1. The smallest absolute Gasteiger partial charge is 0.445 e. The van der Waals surface area contributed by atoms with Crippen molar-refractivity contribution in [3.05, 3.63) is 94.5 Å². The Balaban J connectivity index is 1.85. The molecule has 0 aliphatic rings. The first-order chi connectivity index (χ1) is 16.2. The van der Waals surface area contributed by atoms with Crippen molar-refractivity contribution in [2.45, 2.75) is 32.7 Å². The lowest BCUT2D eigenvalue weighted by Gasteiger charge is -2.29. The van der Waals surface area contributed by atoms with E-state index in [1.54, 1.807) is 48.5 Å². The van der Waals surface area contributed by atoms with Gasteiger partial charge >= 0.3 is 13.7 Å². The quantitative estimate of drug-likeness (QED) is 0.274. The number of benzene rings is 3. The Kier molecular flexibility index (Phi) is 9.28. The second kappa shape index (κ2) is 12.2. The third kappa shape index (κ3) is 7.98. The number of hydrogen-bond donors (Lipinski definition) is 1. The molecular formula is C25H26Cl2NO5P. The lowest BCUT2D eigenvalue weighted by molar-refractivity contribution is 0.136. The fraction of sp³-hybridized carbons (Fsp3) is 0.240. The topological polar surface area (TPSA) is 73.9 Å². The molecule has 0 fully saturated rings. The molecular weight excluding hydrogens is 496 g/mol. The zero-order chi connectivity index (χ0) is 24.6. The van der Waals surface area contributed by atoms with Crippen LogP contribution in [-0.4, -0.2) is 11.9 Å². The second-order valence-electron chi connectivity index (χ2n) is 7.98. The normalized spacial score (nSPS) is 12.1. The van der Waals surface area contributed by atoms with E-state index in [0.29, 0.717) is 16.5 Å². The van der Waals surface area contributed by atoms with Crippen LogP contribution in [0.4, 0.5) is 4.79 Å². The summed E-state index contributed by atoms with van der Waals surface area (Å²) in [5.74, 6) is -0.345. The molecule has 0 saturated heterocycles. The standard InChI is InChI=1S/C25H26Cl2NO5P/c1-18(2)16-24(28-25(29)31-17-19-6-4-3-5-7-19)34(30,32-22-12-8-20(26)9-13-22)33-23-14-10-21(27)11-15-23/h3-15,18,24H,16-17H2,1-2H3,(H,28,29)/t24-/m0/s1. The highest BCUT2D eigenvalue weighted by Gasteiger charge is 2.41. The molecule has 1 N–H and O–H groups in total. The summed E-state index contributed by atoms with van der Waals surface area (Å²) in [6.45, 7) is 3.96. The maximum absolute atomic E-state index is 14.2. The van der Waals surface area contributed by atoms with Gasteiger partial charge in [0.15, 0.2) is 5.78 Å². The first-order valence-corrected chi connectivity index (χ1v) is 13.1. The molecule has 9 heteroatoms. The summed E-state index contributed by atoms with van der Waals surface area (Å²) in [7, 11) is -4.01. The van der Waals surface area contributed by atoms with E-state index in [1.165, 1.54) is 0 Å². The van der Waals surface area contributed by atoms with Crippen LogP contribution < -0.4 is 14.4 Å². The predicted molar refractivity (Wildman–Crippen MR) is 135 cm³/mol. The van der Waals surface area contributed by atoms with Crippen molar-refractivity contribution >= 4 is 36.9 Å². The van der Waals surface area contributed by atoms with E-state index in [9.17, 15) is 9.36 Å². The van der Waals surface area contributed by atoms with Gasteiger partial charge in [-0.3, -0.25) is 0 Å². The lowest BCUT2D eigenvalue weighted by Crippen LogP contribution is -2.38. The molecule has 180 valence electrons. The minimum absolute atomic E-state index is 0.0652. The Bertz CT molecular complexity index is 1060. The molecule has 0 saturated carbocycles. The Labute approximate surface area is 209 Å². The molecule has 0 radical (unpaired) electrons. The number of rotatable bonds is 10. The zero-order valence-electron chi connectivity index (χ0n) is 18.8. The zero-order valence-corrected chi connectivity index (χ0v) is 21.2. The average Bonchev–Trinajstić information content (AvgIpc) is 2.81. The van der Waals surface area contributed by atoms with Gasteiger partial charge in [0.2, 0.25) is 0 Å². The molecule has 0 aliphatic heterocycles. The van der Waals surface area contributed by atoms with Crippen LogP contribution in [0.25, 0.3) is 0 Å². The highest BCUT2D eigenvalue weighted by Crippen LogP contribution is 2.54. The third-order valence-electron chi connectivity index (χ3n) is 4.67. The van der Waals surface area contributed by atoms with Crippen molar-refractivity contribution in [3.63, 3.8) is 0 Å². The summed E-state index contributed by atoms with van der Waals surface area (Å²) in [5.41, 5.74) is 0.830. The van der Waals surface area contributed by atoms with Gasteiger partial charge in [0.05, 0.1) is 0 Å². The molecule has 0 bridgehead atoms. The molecule has 1 amide bonds. The second-order valence-corrected chi connectivity index (χ2v) is 10.9. The van der Waals surface area contributed by atoms with Crippen LogP contribution in [0, 0.1) is 5.92 Å². The predicted octanol–water partition coefficient (Wildman–Crippen LogP) is 7.94.